The van der Waals surface area contributed by atoms with Gasteiger partial charge in [-0.3, -0.25) is 4.99 Å². The van der Waals surface area contributed by atoms with Gasteiger partial charge in [0.15, 0.2) is 5.96 Å². The third-order valence-electron chi connectivity index (χ3n) is 3.39. The summed E-state index contributed by atoms with van der Waals surface area (Å²) in [4.78, 5) is 4.47. The molecule has 4 nitrogen and oxygen atoms in total. The average Bonchev–Trinajstić information content (AvgIpc) is 2.69. The van der Waals surface area contributed by atoms with Crippen molar-refractivity contribution in [2.24, 2.45) is 4.99 Å². The van der Waals surface area contributed by atoms with Gasteiger partial charge in [-0.25, -0.2) is 0 Å². The normalized spacial score (nSPS) is 18.1. The van der Waals surface area contributed by atoms with Crippen molar-refractivity contribution in [1.82, 2.24) is 10.6 Å². The lowest BCUT2D eigenvalue weighted by Gasteiger charge is -2.16. The van der Waals surface area contributed by atoms with Gasteiger partial charge >= 0.3 is 0 Å². The highest BCUT2D eigenvalue weighted by Crippen LogP contribution is 2.19. The summed E-state index contributed by atoms with van der Waals surface area (Å²) in [5, 5.41) is 6.57. The fraction of sp³-hybridized carbons (Fsp3) is 0.933. The number of hydrogen-bond acceptors (Lipinski definition) is 2. The second kappa shape index (κ2) is 11.1. The molecule has 0 bridgehead atoms. The van der Waals surface area contributed by atoms with E-state index in [4.69, 9.17) is 4.74 Å². The van der Waals surface area contributed by atoms with Crippen LogP contribution in [0.2, 0.25) is 0 Å². The highest BCUT2D eigenvalue weighted by molar-refractivity contribution is 5.79. The summed E-state index contributed by atoms with van der Waals surface area (Å²) in [6.45, 7) is 7.62. The van der Waals surface area contributed by atoms with Crippen molar-refractivity contribution >= 4 is 5.96 Å². The fourth-order valence-corrected chi connectivity index (χ4v) is 2.37. The standard InChI is InChI=1S/C15H31N3O/c1-3-11-17-15(16-4-2)18-12-13-19-14-9-7-5-6-8-10-14/h14H,3-13H2,1-2H3,(H2,16,17,18). The second-order valence-electron chi connectivity index (χ2n) is 5.17. The highest BCUT2D eigenvalue weighted by Gasteiger charge is 2.11. The van der Waals surface area contributed by atoms with E-state index in [1.54, 1.807) is 0 Å². The van der Waals surface area contributed by atoms with Gasteiger partial charge in [0.05, 0.1) is 12.7 Å². The van der Waals surface area contributed by atoms with E-state index >= 15 is 0 Å². The van der Waals surface area contributed by atoms with E-state index in [1.165, 1.54) is 38.5 Å². The van der Waals surface area contributed by atoms with Crippen molar-refractivity contribution in [2.75, 3.05) is 26.2 Å². The molecule has 1 saturated carbocycles. The second-order valence-corrected chi connectivity index (χ2v) is 5.17. The van der Waals surface area contributed by atoms with Crippen molar-refractivity contribution in [3.63, 3.8) is 0 Å². The number of hydrogen-bond donors (Lipinski definition) is 2. The molecule has 112 valence electrons. The molecule has 1 rings (SSSR count). The summed E-state index contributed by atoms with van der Waals surface area (Å²) in [5.41, 5.74) is 0. The predicted octanol–water partition coefficient (Wildman–Crippen LogP) is 2.69. The molecule has 0 spiro atoms. The van der Waals surface area contributed by atoms with Crippen molar-refractivity contribution in [2.45, 2.75) is 64.9 Å². The van der Waals surface area contributed by atoms with Crippen LogP contribution in [-0.4, -0.2) is 38.3 Å². The Labute approximate surface area is 118 Å². The maximum atomic E-state index is 5.95. The van der Waals surface area contributed by atoms with Gasteiger partial charge < -0.3 is 15.4 Å². The third-order valence-corrected chi connectivity index (χ3v) is 3.39. The van der Waals surface area contributed by atoms with Crippen molar-refractivity contribution in [3.8, 4) is 0 Å². The first-order valence-corrected chi connectivity index (χ1v) is 8.00. The summed E-state index contributed by atoms with van der Waals surface area (Å²) in [6, 6.07) is 0. The Bertz CT molecular complexity index is 236. The lowest BCUT2D eigenvalue weighted by atomic mass is 10.1. The molecular weight excluding hydrogens is 238 g/mol. The van der Waals surface area contributed by atoms with Crippen LogP contribution < -0.4 is 10.6 Å². The SMILES string of the molecule is CCCN=C(NCC)NCCOC1CCCCCC1. The number of rotatable bonds is 7. The van der Waals surface area contributed by atoms with Gasteiger partial charge in [-0.05, 0) is 26.2 Å². The Morgan fingerprint density at radius 1 is 1.11 bits per heavy atom. The number of nitrogens with one attached hydrogen (secondary N) is 2. The molecule has 0 radical (unpaired) electrons. The molecule has 0 aromatic carbocycles. The molecule has 19 heavy (non-hydrogen) atoms. The molecule has 4 heteroatoms. The van der Waals surface area contributed by atoms with Gasteiger partial charge in [-0.1, -0.05) is 32.6 Å². The van der Waals surface area contributed by atoms with Gasteiger partial charge in [0, 0.05) is 19.6 Å². The van der Waals surface area contributed by atoms with E-state index < -0.39 is 0 Å². The maximum Gasteiger partial charge on any atom is 0.191 e. The fourth-order valence-electron chi connectivity index (χ4n) is 2.37. The van der Waals surface area contributed by atoms with Crippen LogP contribution in [0.5, 0.6) is 0 Å². The quantitative estimate of drug-likeness (QED) is 0.323. The van der Waals surface area contributed by atoms with Gasteiger partial charge in [0.1, 0.15) is 0 Å². The van der Waals surface area contributed by atoms with Crippen LogP contribution >= 0.6 is 0 Å². The molecule has 1 aliphatic rings. The minimum atomic E-state index is 0.486. The first-order valence-electron chi connectivity index (χ1n) is 8.00. The monoisotopic (exact) mass is 269 g/mol. The molecule has 0 aromatic rings. The molecular formula is C15H31N3O. The Kier molecular flexibility index (Phi) is 9.51. The van der Waals surface area contributed by atoms with E-state index in [-0.39, 0.29) is 0 Å². The molecule has 0 heterocycles. The zero-order valence-corrected chi connectivity index (χ0v) is 12.7. The zero-order valence-electron chi connectivity index (χ0n) is 12.7. The highest BCUT2D eigenvalue weighted by atomic mass is 16.5. The lowest BCUT2D eigenvalue weighted by Crippen LogP contribution is -2.39. The molecule has 0 aromatic heterocycles. The van der Waals surface area contributed by atoms with Crippen LogP contribution in [-0.2, 0) is 4.74 Å². The van der Waals surface area contributed by atoms with E-state index in [0.29, 0.717) is 6.10 Å². The molecule has 0 atom stereocenters. The lowest BCUT2D eigenvalue weighted by molar-refractivity contribution is 0.0468. The van der Waals surface area contributed by atoms with E-state index in [1.807, 2.05) is 0 Å². The smallest absolute Gasteiger partial charge is 0.191 e. The van der Waals surface area contributed by atoms with Crippen LogP contribution in [0.25, 0.3) is 0 Å². The minimum absolute atomic E-state index is 0.486. The van der Waals surface area contributed by atoms with Crippen molar-refractivity contribution < 1.29 is 4.74 Å². The molecule has 1 fully saturated rings. The summed E-state index contributed by atoms with van der Waals surface area (Å²) < 4.78 is 5.95. The Balaban J connectivity index is 2.13. The van der Waals surface area contributed by atoms with Gasteiger partial charge in [-0.2, -0.15) is 0 Å². The Hall–Kier alpha value is -0.770. The zero-order chi connectivity index (χ0) is 13.8. The van der Waals surface area contributed by atoms with Crippen LogP contribution in [0.3, 0.4) is 0 Å². The molecule has 0 unspecified atom stereocenters. The predicted molar refractivity (Wildman–Crippen MR) is 81.7 cm³/mol. The molecule has 0 aliphatic heterocycles. The van der Waals surface area contributed by atoms with Crippen LogP contribution in [0.1, 0.15) is 58.8 Å². The molecule has 1 aliphatic carbocycles. The number of aliphatic imine (C=N–C) groups is 1. The first kappa shape index (κ1) is 16.3. The molecule has 0 saturated heterocycles. The topological polar surface area (TPSA) is 45.7 Å². The maximum absolute atomic E-state index is 5.95. The van der Waals surface area contributed by atoms with Crippen LogP contribution in [0, 0.1) is 0 Å². The molecule has 2 N–H and O–H groups in total. The van der Waals surface area contributed by atoms with Crippen molar-refractivity contribution in [1.29, 1.82) is 0 Å². The largest absolute Gasteiger partial charge is 0.376 e. The average molecular weight is 269 g/mol. The minimum Gasteiger partial charge on any atom is -0.376 e. The van der Waals surface area contributed by atoms with E-state index in [2.05, 4.69) is 29.5 Å². The summed E-state index contributed by atoms with van der Waals surface area (Å²) in [6.07, 6.45) is 9.47. The number of ether oxygens (including phenoxy) is 1. The summed E-state index contributed by atoms with van der Waals surface area (Å²) in [5.74, 6) is 0.911. The van der Waals surface area contributed by atoms with Crippen LogP contribution in [0.15, 0.2) is 4.99 Å². The third kappa shape index (κ3) is 8.09. The van der Waals surface area contributed by atoms with Gasteiger partial charge in [-0.15, -0.1) is 0 Å². The van der Waals surface area contributed by atoms with E-state index in [9.17, 15) is 0 Å². The van der Waals surface area contributed by atoms with Gasteiger partial charge in [0.2, 0.25) is 0 Å². The first-order chi connectivity index (χ1) is 9.36. The van der Waals surface area contributed by atoms with Gasteiger partial charge in [0.25, 0.3) is 0 Å². The Morgan fingerprint density at radius 3 is 2.47 bits per heavy atom. The Morgan fingerprint density at radius 2 is 1.84 bits per heavy atom. The van der Waals surface area contributed by atoms with E-state index in [0.717, 1.165) is 38.6 Å². The van der Waals surface area contributed by atoms with Crippen molar-refractivity contribution in [3.05, 3.63) is 0 Å². The molecule has 0 amide bonds. The number of guanidine groups is 1. The van der Waals surface area contributed by atoms with Crippen LogP contribution in [0.4, 0.5) is 0 Å². The number of nitrogens with zero attached hydrogens (tertiary/aromatic N) is 1. The summed E-state index contributed by atoms with van der Waals surface area (Å²) >= 11 is 0. The summed E-state index contributed by atoms with van der Waals surface area (Å²) in [7, 11) is 0.